The molecule has 116 valence electrons. The van der Waals surface area contributed by atoms with Gasteiger partial charge in [-0.3, -0.25) is 4.98 Å². The number of rotatable bonds is 4. The maximum absolute atomic E-state index is 10.8. The molecular weight excluding hydrogens is 292 g/mol. The van der Waals surface area contributed by atoms with Crippen molar-refractivity contribution in [2.75, 3.05) is 11.1 Å². The number of para-hydroxylation sites is 1. The van der Waals surface area contributed by atoms with Gasteiger partial charge in [0.2, 0.25) is 0 Å². The fourth-order valence-corrected chi connectivity index (χ4v) is 2.38. The molecule has 5 N–H and O–H groups in total. The lowest BCUT2D eigenvalue weighted by Gasteiger charge is -2.12. The van der Waals surface area contributed by atoms with Gasteiger partial charge in [-0.05, 0) is 23.8 Å². The van der Waals surface area contributed by atoms with Crippen molar-refractivity contribution in [2.24, 2.45) is 5.73 Å². The Bertz CT molecular complexity index is 864. The van der Waals surface area contributed by atoms with Gasteiger partial charge in [-0.25, -0.2) is 4.79 Å². The molecule has 0 radical (unpaired) electrons. The Morgan fingerprint density at radius 3 is 2.83 bits per heavy atom. The number of anilines is 2. The monoisotopic (exact) mass is 308 g/mol. The second-order valence-electron chi connectivity index (χ2n) is 5.03. The zero-order valence-corrected chi connectivity index (χ0v) is 12.3. The van der Waals surface area contributed by atoms with Gasteiger partial charge in [0.25, 0.3) is 0 Å². The lowest BCUT2D eigenvalue weighted by atomic mass is 10.1. The predicted molar refractivity (Wildman–Crippen MR) is 90.1 cm³/mol. The van der Waals surface area contributed by atoms with E-state index < -0.39 is 6.09 Å². The smallest absolute Gasteiger partial charge is 0.409 e. The van der Waals surface area contributed by atoms with Crippen LogP contribution in [-0.4, -0.2) is 11.1 Å². The summed E-state index contributed by atoms with van der Waals surface area (Å²) in [6.45, 7) is 0.522. The van der Waals surface area contributed by atoms with Gasteiger partial charge < -0.3 is 21.5 Å². The molecule has 0 bridgehead atoms. The van der Waals surface area contributed by atoms with Crippen molar-refractivity contribution in [3.8, 4) is 5.75 Å². The van der Waals surface area contributed by atoms with E-state index in [1.807, 2.05) is 30.3 Å². The van der Waals surface area contributed by atoms with Gasteiger partial charge in [0, 0.05) is 11.9 Å². The molecule has 1 amide bonds. The SMILES string of the molecule is NC(=O)Oc1cccc(CNc2c(N)cnc3ccccc23)c1. The maximum Gasteiger partial charge on any atom is 0.409 e. The first-order chi connectivity index (χ1) is 11.1. The van der Waals surface area contributed by atoms with Gasteiger partial charge >= 0.3 is 6.09 Å². The number of carbonyl (C=O) groups excluding carboxylic acids is 1. The molecule has 0 aliphatic rings. The highest BCUT2D eigenvalue weighted by molar-refractivity contribution is 5.96. The number of nitrogens with one attached hydrogen (secondary N) is 1. The Kier molecular flexibility index (Phi) is 3.97. The van der Waals surface area contributed by atoms with E-state index in [1.165, 1.54) is 0 Å². The molecule has 23 heavy (non-hydrogen) atoms. The van der Waals surface area contributed by atoms with Crippen LogP contribution in [0.1, 0.15) is 5.56 Å². The third kappa shape index (κ3) is 3.32. The van der Waals surface area contributed by atoms with E-state index in [9.17, 15) is 4.79 Å². The first kappa shape index (κ1) is 14.6. The highest BCUT2D eigenvalue weighted by Crippen LogP contribution is 2.28. The van der Waals surface area contributed by atoms with Crippen LogP contribution < -0.4 is 21.5 Å². The molecule has 0 spiro atoms. The van der Waals surface area contributed by atoms with E-state index in [2.05, 4.69) is 10.3 Å². The Balaban J connectivity index is 1.84. The molecule has 0 saturated carbocycles. The van der Waals surface area contributed by atoms with E-state index in [0.29, 0.717) is 18.0 Å². The molecule has 0 aliphatic carbocycles. The first-order valence-electron chi connectivity index (χ1n) is 7.07. The predicted octanol–water partition coefficient (Wildman–Crippen LogP) is 2.89. The summed E-state index contributed by atoms with van der Waals surface area (Å²) in [4.78, 5) is 15.1. The van der Waals surface area contributed by atoms with Crippen LogP contribution in [0.15, 0.2) is 54.7 Å². The summed E-state index contributed by atoms with van der Waals surface area (Å²) in [5, 5.41) is 4.27. The van der Waals surface area contributed by atoms with Crippen molar-refractivity contribution in [2.45, 2.75) is 6.54 Å². The fourth-order valence-electron chi connectivity index (χ4n) is 2.38. The summed E-state index contributed by atoms with van der Waals surface area (Å²) in [7, 11) is 0. The Hall–Kier alpha value is -3.28. The van der Waals surface area contributed by atoms with Crippen LogP contribution in [0.25, 0.3) is 10.9 Å². The lowest BCUT2D eigenvalue weighted by Crippen LogP contribution is -2.16. The minimum atomic E-state index is -0.834. The molecule has 3 aromatic rings. The summed E-state index contributed by atoms with van der Waals surface area (Å²) in [5.74, 6) is 0.407. The number of primary amides is 1. The van der Waals surface area contributed by atoms with Gasteiger partial charge in [0.15, 0.2) is 0 Å². The van der Waals surface area contributed by atoms with Gasteiger partial charge in [-0.1, -0.05) is 30.3 Å². The molecule has 2 aromatic carbocycles. The highest BCUT2D eigenvalue weighted by atomic mass is 16.5. The van der Waals surface area contributed by atoms with Crippen LogP contribution in [0.4, 0.5) is 16.2 Å². The number of hydrogen-bond donors (Lipinski definition) is 3. The minimum absolute atomic E-state index is 0.407. The van der Waals surface area contributed by atoms with Gasteiger partial charge in [-0.15, -0.1) is 0 Å². The summed E-state index contributed by atoms with van der Waals surface area (Å²) in [6.07, 6.45) is 0.802. The van der Waals surface area contributed by atoms with Crippen LogP contribution in [0.3, 0.4) is 0 Å². The largest absolute Gasteiger partial charge is 0.410 e. The Labute approximate surface area is 133 Å². The maximum atomic E-state index is 10.8. The molecule has 1 aromatic heterocycles. The van der Waals surface area contributed by atoms with Crippen molar-refractivity contribution in [1.29, 1.82) is 0 Å². The number of nitrogens with two attached hydrogens (primary N) is 2. The molecule has 6 nitrogen and oxygen atoms in total. The van der Waals surface area contributed by atoms with Crippen molar-refractivity contribution in [3.63, 3.8) is 0 Å². The molecular formula is C17H16N4O2. The van der Waals surface area contributed by atoms with Crippen LogP contribution in [0, 0.1) is 0 Å². The number of amides is 1. The van der Waals surface area contributed by atoms with Gasteiger partial charge in [0.1, 0.15) is 5.75 Å². The quantitative estimate of drug-likeness (QED) is 0.687. The molecule has 6 heteroatoms. The molecule has 0 aliphatic heterocycles. The topological polar surface area (TPSA) is 103 Å². The van der Waals surface area contributed by atoms with Gasteiger partial charge in [0.05, 0.1) is 23.1 Å². The number of nitrogen functional groups attached to an aromatic ring is 1. The summed E-state index contributed by atoms with van der Waals surface area (Å²) in [5.41, 5.74) is 14.3. The summed E-state index contributed by atoms with van der Waals surface area (Å²) >= 11 is 0. The van der Waals surface area contributed by atoms with E-state index in [-0.39, 0.29) is 0 Å². The van der Waals surface area contributed by atoms with Crippen molar-refractivity contribution in [3.05, 3.63) is 60.3 Å². The molecule has 0 saturated heterocycles. The first-order valence-corrected chi connectivity index (χ1v) is 7.07. The van der Waals surface area contributed by atoms with Gasteiger partial charge in [-0.2, -0.15) is 0 Å². The van der Waals surface area contributed by atoms with Crippen molar-refractivity contribution >= 4 is 28.4 Å². The number of aromatic nitrogens is 1. The number of pyridine rings is 1. The highest BCUT2D eigenvalue weighted by Gasteiger charge is 2.07. The zero-order valence-electron chi connectivity index (χ0n) is 12.3. The standard InChI is InChI=1S/C17H16N4O2/c18-14-10-20-15-7-2-1-6-13(15)16(14)21-9-11-4-3-5-12(8-11)23-17(19)22/h1-8,10H,9,18H2,(H2,19,22)(H,20,21). The second-order valence-corrected chi connectivity index (χ2v) is 5.03. The number of fused-ring (bicyclic) bond motifs is 1. The van der Waals surface area contributed by atoms with E-state index in [1.54, 1.807) is 24.4 Å². The number of carbonyl (C=O) groups is 1. The van der Waals surface area contributed by atoms with Crippen LogP contribution in [-0.2, 0) is 6.54 Å². The third-order valence-electron chi connectivity index (χ3n) is 3.39. The number of ether oxygens (including phenoxy) is 1. The van der Waals surface area contributed by atoms with E-state index in [0.717, 1.165) is 22.2 Å². The molecule has 3 rings (SSSR count). The molecule has 0 unspecified atom stereocenters. The summed E-state index contributed by atoms with van der Waals surface area (Å²) in [6, 6.07) is 14.9. The third-order valence-corrected chi connectivity index (χ3v) is 3.39. The Morgan fingerprint density at radius 2 is 2.00 bits per heavy atom. The van der Waals surface area contributed by atoms with Crippen LogP contribution in [0.2, 0.25) is 0 Å². The second kappa shape index (κ2) is 6.23. The van der Waals surface area contributed by atoms with Crippen molar-refractivity contribution in [1.82, 2.24) is 4.98 Å². The zero-order chi connectivity index (χ0) is 16.2. The normalized spacial score (nSPS) is 10.4. The molecule has 0 fully saturated rings. The van der Waals surface area contributed by atoms with Crippen LogP contribution >= 0.6 is 0 Å². The summed E-state index contributed by atoms with van der Waals surface area (Å²) < 4.78 is 4.88. The lowest BCUT2D eigenvalue weighted by molar-refractivity contribution is 0.211. The van der Waals surface area contributed by atoms with E-state index in [4.69, 9.17) is 16.2 Å². The minimum Gasteiger partial charge on any atom is -0.410 e. The van der Waals surface area contributed by atoms with Crippen molar-refractivity contribution < 1.29 is 9.53 Å². The van der Waals surface area contributed by atoms with E-state index >= 15 is 0 Å². The number of hydrogen-bond acceptors (Lipinski definition) is 5. The molecule has 1 heterocycles. The Morgan fingerprint density at radius 1 is 1.17 bits per heavy atom. The molecule has 0 atom stereocenters. The number of benzene rings is 2. The fraction of sp³-hybridized carbons (Fsp3) is 0.0588. The van der Waals surface area contributed by atoms with Crippen LogP contribution in [0.5, 0.6) is 5.75 Å². The average molecular weight is 308 g/mol. The number of nitrogens with zero attached hydrogens (tertiary/aromatic N) is 1. The average Bonchev–Trinajstić information content (AvgIpc) is 2.54.